The number of halogens is 2. The summed E-state index contributed by atoms with van der Waals surface area (Å²) >= 11 is 5.93. The normalized spacial score (nSPS) is 11.8. The number of Topliss-reactive ketones (excluding diaryl/α,β-unsaturated/α-hetero) is 1. The molecule has 0 amide bonds. The maximum absolute atomic E-state index is 13.7. The maximum atomic E-state index is 13.7. The lowest BCUT2D eigenvalue weighted by Gasteiger charge is -2.07. The largest absolute Gasteiger partial charge is 0.351 e. The fourth-order valence-electron chi connectivity index (χ4n) is 3.37. The minimum atomic E-state index is -3.52. The van der Waals surface area contributed by atoms with E-state index >= 15 is 0 Å². The van der Waals surface area contributed by atoms with Gasteiger partial charge >= 0.3 is 5.69 Å². The summed E-state index contributed by atoms with van der Waals surface area (Å²) in [6.45, 7) is 3.64. The molecular formula is C23H25ClFN3O5S. The predicted molar refractivity (Wildman–Crippen MR) is 127 cm³/mol. The van der Waals surface area contributed by atoms with Gasteiger partial charge in [0.25, 0.3) is 10.1 Å². The Bertz CT molecular complexity index is 1350. The molecular weight excluding hydrogens is 485 g/mol. The molecule has 0 saturated heterocycles. The van der Waals surface area contributed by atoms with E-state index in [1.54, 1.807) is 24.3 Å². The molecule has 3 aromatic rings. The summed E-state index contributed by atoms with van der Waals surface area (Å²) in [4.78, 5) is 25.7. The van der Waals surface area contributed by atoms with E-state index in [0.717, 1.165) is 16.5 Å². The Kier molecular flexibility index (Phi) is 8.06. The van der Waals surface area contributed by atoms with Gasteiger partial charge in [-0.3, -0.25) is 13.5 Å². The van der Waals surface area contributed by atoms with Gasteiger partial charge < -0.3 is 0 Å². The molecule has 0 spiro atoms. The van der Waals surface area contributed by atoms with Crippen molar-refractivity contribution in [1.82, 2.24) is 14.3 Å². The third-order valence-corrected chi connectivity index (χ3v) is 5.76. The van der Waals surface area contributed by atoms with Gasteiger partial charge in [0.05, 0.1) is 30.1 Å². The highest BCUT2D eigenvalue weighted by Crippen LogP contribution is 2.24. The number of rotatable bonds is 10. The number of carbonyl (C=O) groups is 1. The average Bonchev–Trinajstić information content (AvgIpc) is 3.05. The van der Waals surface area contributed by atoms with E-state index in [1.807, 2.05) is 13.8 Å². The molecule has 0 aliphatic heterocycles. The molecule has 0 aliphatic carbocycles. The van der Waals surface area contributed by atoms with Gasteiger partial charge in [-0.05, 0) is 48.2 Å². The molecule has 0 unspecified atom stereocenters. The highest BCUT2D eigenvalue weighted by atomic mass is 35.5. The van der Waals surface area contributed by atoms with E-state index in [4.69, 9.17) is 15.8 Å². The summed E-state index contributed by atoms with van der Waals surface area (Å²) < 4.78 is 43.0. The number of carbonyl (C=O) groups excluding carboxylic acids is 1. The first-order valence-corrected chi connectivity index (χ1v) is 12.7. The van der Waals surface area contributed by atoms with Crippen molar-refractivity contribution in [1.29, 1.82) is 0 Å². The smallest absolute Gasteiger partial charge is 0.298 e. The van der Waals surface area contributed by atoms with E-state index in [9.17, 15) is 22.4 Å². The van der Waals surface area contributed by atoms with Crippen LogP contribution in [-0.4, -0.2) is 41.4 Å². The molecule has 0 saturated carbocycles. The fraction of sp³-hybridized carbons (Fsp3) is 0.348. The molecule has 1 aromatic heterocycles. The number of nitrogens with zero attached hydrogens (tertiary/aromatic N) is 3. The molecule has 11 heteroatoms. The fourth-order valence-corrected chi connectivity index (χ4v) is 3.93. The topological polar surface area (TPSA) is 100 Å². The Morgan fingerprint density at radius 1 is 1.18 bits per heavy atom. The number of benzene rings is 2. The quantitative estimate of drug-likeness (QED) is 0.387. The van der Waals surface area contributed by atoms with E-state index in [-0.39, 0.29) is 35.7 Å². The summed E-state index contributed by atoms with van der Waals surface area (Å²) in [5.41, 5.74) is 1.12. The third-order valence-electron chi connectivity index (χ3n) is 4.88. The van der Waals surface area contributed by atoms with Gasteiger partial charge in [-0.2, -0.15) is 13.1 Å². The van der Waals surface area contributed by atoms with Crippen molar-refractivity contribution in [3.05, 3.63) is 69.4 Å². The van der Waals surface area contributed by atoms with Gasteiger partial charge in [-0.15, -0.1) is 5.10 Å². The Hall–Kier alpha value is -2.82. The molecule has 8 nitrogen and oxygen atoms in total. The van der Waals surface area contributed by atoms with Crippen LogP contribution in [0.4, 0.5) is 4.39 Å². The van der Waals surface area contributed by atoms with Crippen LogP contribution in [0.2, 0.25) is 5.02 Å². The number of hydrogen-bond donors (Lipinski definition) is 0. The molecule has 0 bridgehead atoms. The first kappa shape index (κ1) is 25.8. The van der Waals surface area contributed by atoms with Crippen molar-refractivity contribution in [2.24, 2.45) is 5.92 Å². The SMILES string of the molecule is CC(C)CC(=O)Cn1c(-c2ccc(F)c(Cl)c2)nn(-c2ccc(CCOS(C)(=O)=O)cc2)c1=O. The third kappa shape index (κ3) is 6.62. The summed E-state index contributed by atoms with van der Waals surface area (Å²) in [6.07, 6.45) is 1.64. The molecule has 0 fully saturated rings. The second kappa shape index (κ2) is 10.6. The lowest BCUT2D eigenvalue weighted by molar-refractivity contribution is -0.120. The van der Waals surface area contributed by atoms with Crippen molar-refractivity contribution in [3.8, 4) is 17.1 Å². The van der Waals surface area contributed by atoms with Crippen molar-refractivity contribution in [3.63, 3.8) is 0 Å². The molecule has 0 radical (unpaired) electrons. The van der Waals surface area contributed by atoms with Crippen molar-refractivity contribution >= 4 is 27.5 Å². The second-order valence-corrected chi connectivity index (χ2v) is 10.4. The van der Waals surface area contributed by atoms with Crippen molar-refractivity contribution in [2.45, 2.75) is 33.2 Å². The second-order valence-electron chi connectivity index (χ2n) is 8.31. The monoisotopic (exact) mass is 509 g/mol. The van der Waals surface area contributed by atoms with Crippen LogP contribution in [0.1, 0.15) is 25.8 Å². The van der Waals surface area contributed by atoms with E-state index < -0.39 is 21.6 Å². The van der Waals surface area contributed by atoms with Crippen LogP contribution in [0.5, 0.6) is 0 Å². The van der Waals surface area contributed by atoms with Gasteiger partial charge in [-0.25, -0.2) is 9.18 Å². The lowest BCUT2D eigenvalue weighted by atomic mass is 10.1. The summed E-state index contributed by atoms with van der Waals surface area (Å²) in [7, 11) is -3.52. The summed E-state index contributed by atoms with van der Waals surface area (Å²) in [5.74, 6) is -0.423. The maximum Gasteiger partial charge on any atom is 0.351 e. The minimum absolute atomic E-state index is 0.000191. The zero-order valence-corrected chi connectivity index (χ0v) is 20.6. The van der Waals surface area contributed by atoms with Crippen LogP contribution in [0, 0.1) is 11.7 Å². The zero-order chi connectivity index (χ0) is 25.0. The molecule has 2 aromatic carbocycles. The number of aromatic nitrogens is 3. The van der Waals surface area contributed by atoms with Crippen LogP contribution < -0.4 is 5.69 Å². The number of hydrogen-bond acceptors (Lipinski definition) is 6. The van der Waals surface area contributed by atoms with Crippen molar-refractivity contribution < 1.29 is 21.8 Å². The van der Waals surface area contributed by atoms with Gasteiger partial charge in [0.2, 0.25) is 0 Å². The van der Waals surface area contributed by atoms with Gasteiger partial charge in [0, 0.05) is 12.0 Å². The van der Waals surface area contributed by atoms with E-state index in [1.165, 1.54) is 22.8 Å². The molecule has 182 valence electrons. The first-order valence-electron chi connectivity index (χ1n) is 10.6. The van der Waals surface area contributed by atoms with E-state index in [0.29, 0.717) is 24.1 Å². The first-order chi connectivity index (χ1) is 15.9. The molecule has 0 atom stereocenters. The Balaban J connectivity index is 1.97. The van der Waals surface area contributed by atoms with Crippen LogP contribution in [-0.2, 0) is 32.1 Å². The van der Waals surface area contributed by atoms with Crippen LogP contribution in [0.25, 0.3) is 17.1 Å². The van der Waals surface area contributed by atoms with Gasteiger partial charge in [-0.1, -0.05) is 37.6 Å². The Morgan fingerprint density at radius 2 is 1.85 bits per heavy atom. The highest BCUT2D eigenvalue weighted by Gasteiger charge is 2.20. The van der Waals surface area contributed by atoms with Crippen molar-refractivity contribution in [2.75, 3.05) is 12.9 Å². The van der Waals surface area contributed by atoms with Gasteiger partial charge in [0.1, 0.15) is 5.82 Å². The average molecular weight is 510 g/mol. The molecule has 1 heterocycles. The predicted octanol–water partition coefficient (Wildman–Crippen LogP) is 3.63. The molecule has 0 N–H and O–H groups in total. The molecule has 0 aliphatic rings. The van der Waals surface area contributed by atoms with Crippen LogP contribution >= 0.6 is 11.6 Å². The minimum Gasteiger partial charge on any atom is -0.298 e. The summed E-state index contributed by atoms with van der Waals surface area (Å²) in [5, 5.41) is 4.28. The zero-order valence-electron chi connectivity index (χ0n) is 19.0. The molecule has 34 heavy (non-hydrogen) atoms. The van der Waals surface area contributed by atoms with E-state index in [2.05, 4.69) is 5.10 Å². The highest BCUT2D eigenvalue weighted by molar-refractivity contribution is 7.85. The summed E-state index contributed by atoms with van der Waals surface area (Å²) in [6, 6.07) is 10.8. The molecule has 3 rings (SSSR count). The Labute approximate surface area is 202 Å². The van der Waals surface area contributed by atoms with Crippen LogP contribution in [0.15, 0.2) is 47.3 Å². The lowest BCUT2D eigenvalue weighted by Crippen LogP contribution is -2.27. The van der Waals surface area contributed by atoms with Crippen LogP contribution in [0.3, 0.4) is 0 Å². The number of ketones is 1. The standard InChI is InChI=1S/C23H25ClFN3O5S/c1-15(2)12-19(29)14-27-22(17-6-9-21(25)20(24)13-17)26-28(23(27)30)18-7-4-16(5-8-18)10-11-33-34(3,31)32/h4-9,13,15H,10-12,14H2,1-3H3. The Morgan fingerprint density at radius 3 is 2.44 bits per heavy atom. The van der Waals surface area contributed by atoms with Gasteiger partial charge in [0.15, 0.2) is 11.6 Å².